The summed E-state index contributed by atoms with van der Waals surface area (Å²) in [4.78, 5) is 59.3. The third kappa shape index (κ3) is 14.3. The van der Waals surface area contributed by atoms with Crippen molar-refractivity contribution in [3.8, 4) is 0 Å². The molecule has 0 aromatic heterocycles. The first-order valence-electron chi connectivity index (χ1n) is 22.3. The minimum Gasteiger partial charge on any atom is -0.462 e. The zero-order valence-electron chi connectivity index (χ0n) is 38.9. The van der Waals surface area contributed by atoms with E-state index in [-0.39, 0.29) is 45.3 Å². The number of cyclic esters (lactones) is 1. The summed E-state index contributed by atoms with van der Waals surface area (Å²) in [6.07, 6.45) is 6.21. The normalized spacial score (nSPS) is 36.0. The Hall–Kier alpha value is -3.33. The van der Waals surface area contributed by atoms with Gasteiger partial charge in [0, 0.05) is 44.1 Å². The molecule has 3 fully saturated rings. The van der Waals surface area contributed by atoms with Gasteiger partial charge in [-0.1, -0.05) is 89.1 Å². The van der Waals surface area contributed by atoms with E-state index in [0.29, 0.717) is 18.4 Å². The first kappa shape index (κ1) is 53.3. The Morgan fingerprint density at radius 1 is 0.906 bits per heavy atom. The van der Waals surface area contributed by atoms with E-state index in [0.717, 1.165) is 18.4 Å². The van der Waals surface area contributed by atoms with E-state index in [1.54, 1.807) is 58.1 Å². The van der Waals surface area contributed by atoms with Crippen molar-refractivity contribution in [3.05, 3.63) is 59.8 Å². The van der Waals surface area contributed by atoms with Crippen molar-refractivity contribution in [3.63, 3.8) is 0 Å². The number of aliphatic hydroxyl groups excluding tert-OH is 2. The summed E-state index contributed by atoms with van der Waals surface area (Å²) >= 11 is 0. The highest BCUT2D eigenvalue weighted by atomic mass is 17.2. The molecule has 11 unspecified atom stereocenters. The molecule has 4 rings (SSSR count). The molecular formula is C47H72O17. The van der Waals surface area contributed by atoms with Crippen LogP contribution in [0.3, 0.4) is 0 Å². The zero-order chi connectivity index (χ0) is 47.3. The molecule has 3 saturated heterocycles. The van der Waals surface area contributed by atoms with Crippen LogP contribution in [0.1, 0.15) is 113 Å². The molecule has 4 aliphatic heterocycles. The Bertz CT molecular complexity index is 1700. The number of carbonyl (C=O) groups is 3. The maximum absolute atomic E-state index is 13.5. The van der Waals surface area contributed by atoms with Gasteiger partial charge in [-0.25, -0.2) is 24.3 Å². The number of fused-ring (bicyclic) bond motifs is 6. The summed E-state index contributed by atoms with van der Waals surface area (Å²) < 4.78 is 37.3. The molecule has 6 bridgehead atoms. The highest BCUT2D eigenvalue weighted by Gasteiger charge is 2.59. The van der Waals surface area contributed by atoms with Crippen LogP contribution in [-0.4, -0.2) is 132 Å². The van der Waals surface area contributed by atoms with Gasteiger partial charge in [0.15, 0.2) is 11.9 Å². The van der Waals surface area contributed by atoms with Crippen LogP contribution in [0, 0.1) is 10.8 Å². The van der Waals surface area contributed by atoms with Crippen LogP contribution in [0.25, 0.3) is 0 Å². The molecule has 64 heavy (non-hydrogen) atoms. The summed E-state index contributed by atoms with van der Waals surface area (Å²) in [5.74, 6) is -6.41. The third-order valence-electron chi connectivity index (χ3n) is 12.4. The smallest absolute Gasteiger partial charge is 0.331 e. The number of rotatable bonds is 13. The topological polar surface area (TPSA) is 224 Å². The summed E-state index contributed by atoms with van der Waals surface area (Å²) in [6, 6.07) is 0. The molecule has 4 heterocycles. The van der Waals surface area contributed by atoms with Crippen molar-refractivity contribution < 1.29 is 82.8 Å². The van der Waals surface area contributed by atoms with E-state index in [2.05, 4.69) is 0 Å². The first-order chi connectivity index (χ1) is 30.2. The van der Waals surface area contributed by atoms with Gasteiger partial charge < -0.3 is 48.8 Å². The molecule has 17 nitrogen and oxygen atoms in total. The molecule has 4 aliphatic rings. The Labute approximate surface area is 377 Å². The standard InChI is InChI=1S/C47H72O17/c1-10-11-12-13-14-15-41(51)62-43-33(18-21-58-56-9)24-36-27-39(30(2)48)61-42(52)26-34(50)25-37-28-40(59-31(3)49)45(6,7)46(53,63-37)29-38-23-32(17-20-57-55-8)22-35(60-38)16-19-44(4,5)47(43,54)64-36/h12-19,30,34-40,43,48,50,53-54H,10-11,20-29H2,1-9H3/b13-12+,15-14+,19-16+,32-17+,33-18+. The first-order valence-corrected chi connectivity index (χ1v) is 22.3. The quantitative estimate of drug-likeness (QED) is 0.0276. The van der Waals surface area contributed by atoms with Crippen LogP contribution in [0.15, 0.2) is 59.8 Å². The molecule has 362 valence electrons. The van der Waals surface area contributed by atoms with E-state index in [1.807, 2.05) is 19.1 Å². The number of esters is 3. The van der Waals surface area contributed by atoms with Crippen LogP contribution in [0.5, 0.6) is 0 Å². The molecule has 0 amide bonds. The number of ether oxygens (including phenoxy) is 6. The molecule has 17 heteroatoms. The second-order valence-electron chi connectivity index (χ2n) is 18.2. The monoisotopic (exact) mass is 908 g/mol. The second-order valence-corrected chi connectivity index (χ2v) is 18.2. The molecule has 0 aromatic rings. The number of allylic oxidation sites excluding steroid dienone is 3. The van der Waals surface area contributed by atoms with Crippen molar-refractivity contribution >= 4 is 17.9 Å². The molecule has 0 spiro atoms. The average molecular weight is 909 g/mol. The minimum absolute atomic E-state index is 0.0591. The molecule has 0 aromatic carbocycles. The Morgan fingerprint density at radius 3 is 2.27 bits per heavy atom. The van der Waals surface area contributed by atoms with Gasteiger partial charge in [-0.3, -0.25) is 9.59 Å². The van der Waals surface area contributed by atoms with Crippen LogP contribution in [-0.2, 0) is 62.4 Å². The molecular weight excluding hydrogens is 836 g/mol. The van der Waals surface area contributed by atoms with Gasteiger partial charge in [0.25, 0.3) is 0 Å². The maximum atomic E-state index is 13.5. The minimum atomic E-state index is -2.30. The van der Waals surface area contributed by atoms with Crippen LogP contribution < -0.4 is 0 Å². The fraction of sp³-hybridized carbons (Fsp3) is 0.723. The lowest BCUT2D eigenvalue weighted by Gasteiger charge is -2.53. The predicted octanol–water partition coefficient (Wildman–Crippen LogP) is 5.09. The fourth-order valence-corrected chi connectivity index (χ4v) is 8.67. The highest BCUT2D eigenvalue weighted by molar-refractivity contribution is 5.82. The molecule has 0 radical (unpaired) electrons. The predicted molar refractivity (Wildman–Crippen MR) is 230 cm³/mol. The van der Waals surface area contributed by atoms with Gasteiger partial charge in [-0.05, 0) is 38.2 Å². The molecule has 11 atom stereocenters. The van der Waals surface area contributed by atoms with Crippen LogP contribution in [0.4, 0.5) is 0 Å². The number of aliphatic hydroxyl groups is 4. The third-order valence-corrected chi connectivity index (χ3v) is 12.4. The zero-order valence-corrected chi connectivity index (χ0v) is 38.9. The summed E-state index contributed by atoms with van der Waals surface area (Å²) in [5.41, 5.74) is -1.22. The largest absolute Gasteiger partial charge is 0.462 e. The van der Waals surface area contributed by atoms with E-state index < -0.39 is 102 Å². The fourth-order valence-electron chi connectivity index (χ4n) is 8.67. The SMILES string of the molecule is CCC/C=C/C=C/C(=O)OC1/C(=C/COOC)CC2CC(C(C)O)OC(=O)CC(O)CC3CC(OC(C)=O)C(C)(C)C(O)(CC4C/C(=C/COOC)CC(/C=C/C(C)(C)C1(O)O2)O4)O3. The van der Waals surface area contributed by atoms with Crippen molar-refractivity contribution in [2.75, 3.05) is 27.4 Å². The summed E-state index contributed by atoms with van der Waals surface area (Å²) in [5, 5.41) is 47.7. The lowest BCUT2D eigenvalue weighted by molar-refractivity contribution is -0.348. The molecule has 0 saturated carbocycles. The van der Waals surface area contributed by atoms with Crippen LogP contribution in [0.2, 0.25) is 0 Å². The van der Waals surface area contributed by atoms with E-state index in [4.69, 9.17) is 48.0 Å². The lowest BCUT2D eigenvalue weighted by atomic mass is 9.70. The van der Waals surface area contributed by atoms with E-state index >= 15 is 0 Å². The van der Waals surface area contributed by atoms with E-state index in [1.165, 1.54) is 34.1 Å². The van der Waals surface area contributed by atoms with Gasteiger partial charge in [0.2, 0.25) is 5.79 Å². The number of carbonyl (C=O) groups excluding carboxylic acids is 3. The van der Waals surface area contributed by atoms with Gasteiger partial charge in [-0.15, -0.1) is 0 Å². The highest BCUT2D eigenvalue weighted by Crippen LogP contribution is 2.50. The second kappa shape index (κ2) is 23.9. The number of unbranched alkanes of at least 4 members (excludes halogenated alkanes) is 1. The van der Waals surface area contributed by atoms with Gasteiger partial charge in [-0.2, -0.15) is 0 Å². The molecule has 4 N–H and O–H groups in total. The average Bonchev–Trinajstić information content (AvgIpc) is 3.19. The van der Waals surface area contributed by atoms with Crippen molar-refractivity contribution in [2.45, 2.75) is 179 Å². The Kier molecular flexibility index (Phi) is 19.9. The van der Waals surface area contributed by atoms with Crippen molar-refractivity contribution in [1.82, 2.24) is 0 Å². The van der Waals surface area contributed by atoms with E-state index in [9.17, 15) is 34.8 Å². The van der Waals surface area contributed by atoms with Crippen LogP contribution >= 0.6 is 0 Å². The maximum Gasteiger partial charge on any atom is 0.331 e. The Balaban J connectivity index is 1.86. The Morgan fingerprint density at radius 2 is 1.61 bits per heavy atom. The van der Waals surface area contributed by atoms with Gasteiger partial charge >= 0.3 is 17.9 Å². The summed E-state index contributed by atoms with van der Waals surface area (Å²) in [7, 11) is 2.74. The lowest BCUT2D eigenvalue weighted by Crippen LogP contribution is -2.62. The van der Waals surface area contributed by atoms with Crippen molar-refractivity contribution in [2.24, 2.45) is 10.8 Å². The van der Waals surface area contributed by atoms with Gasteiger partial charge in [0.1, 0.15) is 25.4 Å². The van der Waals surface area contributed by atoms with Gasteiger partial charge in [0.05, 0.1) is 62.7 Å². The van der Waals surface area contributed by atoms with Crippen molar-refractivity contribution in [1.29, 1.82) is 0 Å². The molecule has 0 aliphatic carbocycles. The number of hydrogen-bond acceptors (Lipinski definition) is 17. The number of hydrogen-bond donors (Lipinski definition) is 4. The summed E-state index contributed by atoms with van der Waals surface area (Å²) in [6.45, 7) is 11.7.